The number of nitrogens with zero attached hydrogens (tertiary/aromatic N) is 4. The molecule has 0 aromatic carbocycles. The van der Waals surface area contributed by atoms with Gasteiger partial charge in [0.25, 0.3) is 0 Å². The van der Waals surface area contributed by atoms with Gasteiger partial charge in [-0.1, -0.05) is 18.9 Å². The van der Waals surface area contributed by atoms with Crippen LogP contribution in [0.15, 0.2) is 36.7 Å². The molecule has 2 aromatic rings. The maximum absolute atomic E-state index is 12.5. The van der Waals surface area contributed by atoms with Gasteiger partial charge in [0.15, 0.2) is 0 Å². The minimum atomic E-state index is 0.0600. The van der Waals surface area contributed by atoms with Crippen LogP contribution < -0.4 is 5.32 Å². The number of rotatable bonds is 6. The van der Waals surface area contributed by atoms with E-state index >= 15 is 0 Å². The molecular weight excluding hydrogens is 326 g/mol. The lowest BCUT2D eigenvalue weighted by Gasteiger charge is -2.35. The largest absolute Gasteiger partial charge is 0.350 e. The molecule has 1 atom stereocenters. The molecule has 138 valence electrons. The summed E-state index contributed by atoms with van der Waals surface area (Å²) in [6.45, 7) is 3.48. The van der Waals surface area contributed by atoms with E-state index in [1.165, 1.54) is 31.4 Å². The van der Waals surface area contributed by atoms with E-state index in [-0.39, 0.29) is 11.9 Å². The van der Waals surface area contributed by atoms with Crippen LogP contribution in [-0.4, -0.2) is 38.7 Å². The highest BCUT2D eigenvalue weighted by Gasteiger charge is 2.29. The van der Waals surface area contributed by atoms with E-state index in [4.69, 9.17) is 0 Å². The van der Waals surface area contributed by atoms with E-state index in [0.717, 1.165) is 31.2 Å². The molecule has 0 radical (unpaired) electrons. The number of nitrogens with one attached hydrogen (secondary N) is 1. The van der Waals surface area contributed by atoms with E-state index in [0.29, 0.717) is 13.0 Å². The Morgan fingerprint density at radius 3 is 2.88 bits per heavy atom. The van der Waals surface area contributed by atoms with Gasteiger partial charge in [0.1, 0.15) is 0 Å². The van der Waals surface area contributed by atoms with Crippen molar-refractivity contribution in [3.05, 3.63) is 48.0 Å². The maximum atomic E-state index is 12.5. The number of fused-ring (bicyclic) bond motifs is 1. The van der Waals surface area contributed by atoms with Crippen LogP contribution in [-0.2, 0) is 17.9 Å². The van der Waals surface area contributed by atoms with Crippen molar-refractivity contribution in [2.45, 2.75) is 51.2 Å². The lowest BCUT2D eigenvalue weighted by molar-refractivity contribution is -0.122. The molecule has 0 saturated heterocycles. The zero-order chi connectivity index (χ0) is 17.8. The zero-order valence-electron chi connectivity index (χ0n) is 15.2. The maximum Gasteiger partial charge on any atom is 0.222 e. The monoisotopic (exact) mass is 353 g/mol. The summed E-state index contributed by atoms with van der Waals surface area (Å²) in [7, 11) is 0. The molecular formula is C20H27N5O. The standard InChI is InChI=1S/C20H27N5O/c26-20(22-12-17-7-3-4-9-21-17)11-19-15-24(13-16-5-1-2-6-16)14-18-8-10-23-25(18)19/h3-4,7-10,16,19H,1-2,5-6,11-15H2,(H,22,26). The molecule has 1 aliphatic carbocycles. The molecule has 1 aliphatic heterocycles. The Hall–Kier alpha value is -2.21. The third-order valence-corrected chi connectivity index (χ3v) is 5.56. The fourth-order valence-electron chi connectivity index (χ4n) is 4.29. The smallest absolute Gasteiger partial charge is 0.222 e. The van der Waals surface area contributed by atoms with Gasteiger partial charge in [-0.05, 0) is 37.0 Å². The van der Waals surface area contributed by atoms with Crippen LogP contribution in [0.1, 0.15) is 49.5 Å². The molecule has 1 fully saturated rings. The van der Waals surface area contributed by atoms with Gasteiger partial charge in [0.05, 0.1) is 30.4 Å². The highest BCUT2D eigenvalue weighted by Crippen LogP contribution is 2.29. The molecule has 4 rings (SSSR count). The molecule has 0 spiro atoms. The average molecular weight is 353 g/mol. The normalized spacial score (nSPS) is 20.8. The van der Waals surface area contributed by atoms with Gasteiger partial charge < -0.3 is 5.32 Å². The van der Waals surface area contributed by atoms with Crippen LogP contribution >= 0.6 is 0 Å². The van der Waals surface area contributed by atoms with Gasteiger partial charge >= 0.3 is 0 Å². The number of amides is 1. The molecule has 6 heteroatoms. The predicted molar refractivity (Wildman–Crippen MR) is 99.2 cm³/mol. The van der Waals surface area contributed by atoms with Crippen molar-refractivity contribution in [2.75, 3.05) is 13.1 Å². The Labute approximate surface area is 154 Å². The van der Waals surface area contributed by atoms with E-state index in [2.05, 4.69) is 26.4 Å². The van der Waals surface area contributed by atoms with Crippen molar-refractivity contribution in [3.63, 3.8) is 0 Å². The first-order chi connectivity index (χ1) is 12.8. The third kappa shape index (κ3) is 4.12. The van der Waals surface area contributed by atoms with Crippen molar-refractivity contribution in [3.8, 4) is 0 Å². The molecule has 1 unspecified atom stereocenters. The van der Waals surface area contributed by atoms with E-state index < -0.39 is 0 Å². The Kier molecular flexibility index (Phi) is 5.29. The minimum Gasteiger partial charge on any atom is -0.350 e. The molecule has 26 heavy (non-hydrogen) atoms. The number of pyridine rings is 1. The Morgan fingerprint density at radius 1 is 1.19 bits per heavy atom. The molecule has 0 bridgehead atoms. The molecule has 1 N–H and O–H groups in total. The number of carbonyl (C=O) groups is 1. The average Bonchev–Trinajstić information content (AvgIpc) is 3.33. The third-order valence-electron chi connectivity index (χ3n) is 5.56. The second-order valence-corrected chi connectivity index (χ2v) is 7.57. The second-order valence-electron chi connectivity index (χ2n) is 7.57. The first kappa shape index (κ1) is 17.2. The number of hydrogen-bond acceptors (Lipinski definition) is 4. The summed E-state index contributed by atoms with van der Waals surface area (Å²) in [4.78, 5) is 19.2. The van der Waals surface area contributed by atoms with Gasteiger partial charge in [-0.2, -0.15) is 5.10 Å². The Morgan fingerprint density at radius 2 is 2.08 bits per heavy atom. The summed E-state index contributed by atoms with van der Waals surface area (Å²) >= 11 is 0. The summed E-state index contributed by atoms with van der Waals surface area (Å²) in [6, 6.07) is 7.94. The SMILES string of the molecule is O=C(CC1CN(CC2CCCC2)Cc2ccnn21)NCc1ccccn1. The summed E-state index contributed by atoms with van der Waals surface area (Å²) < 4.78 is 2.05. The number of aromatic nitrogens is 3. The van der Waals surface area contributed by atoms with Crippen molar-refractivity contribution in [1.82, 2.24) is 25.0 Å². The molecule has 6 nitrogen and oxygen atoms in total. The lowest BCUT2D eigenvalue weighted by Crippen LogP contribution is -2.41. The summed E-state index contributed by atoms with van der Waals surface area (Å²) in [6.07, 6.45) is 9.51. The van der Waals surface area contributed by atoms with Crippen molar-refractivity contribution < 1.29 is 4.79 Å². The quantitative estimate of drug-likeness (QED) is 0.867. The van der Waals surface area contributed by atoms with Gasteiger partial charge in [-0.3, -0.25) is 19.4 Å². The van der Waals surface area contributed by atoms with Gasteiger partial charge in [0, 0.05) is 32.0 Å². The van der Waals surface area contributed by atoms with Crippen LogP contribution in [0, 0.1) is 5.92 Å². The Bertz CT molecular complexity index is 723. The second kappa shape index (κ2) is 7.99. The first-order valence-electron chi connectivity index (χ1n) is 9.69. The molecule has 1 amide bonds. The van der Waals surface area contributed by atoms with Gasteiger partial charge in [-0.15, -0.1) is 0 Å². The zero-order valence-corrected chi connectivity index (χ0v) is 15.2. The fraction of sp³-hybridized carbons (Fsp3) is 0.550. The van der Waals surface area contributed by atoms with Crippen LogP contribution in [0.2, 0.25) is 0 Å². The minimum absolute atomic E-state index is 0.0600. The fourth-order valence-corrected chi connectivity index (χ4v) is 4.29. The van der Waals surface area contributed by atoms with Crippen LogP contribution in [0.25, 0.3) is 0 Å². The van der Waals surface area contributed by atoms with Crippen LogP contribution in [0.5, 0.6) is 0 Å². The molecule has 3 heterocycles. The van der Waals surface area contributed by atoms with E-state index in [1.807, 2.05) is 29.1 Å². The number of carbonyl (C=O) groups excluding carboxylic acids is 1. The first-order valence-corrected chi connectivity index (χ1v) is 9.69. The predicted octanol–water partition coefficient (Wildman–Crippen LogP) is 2.53. The molecule has 1 saturated carbocycles. The van der Waals surface area contributed by atoms with E-state index in [1.54, 1.807) is 6.20 Å². The van der Waals surface area contributed by atoms with Crippen LogP contribution in [0.3, 0.4) is 0 Å². The lowest BCUT2D eigenvalue weighted by atomic mass is 10.0. The highest BCUT2D eigenvalue weighted by molar-refractivity contribution is 5.76. The van der Waals surface area contributed by atoms with Crippen molar-refractivity contribution in [2.24, 2.45) is 5.92 Å². The van der Waals surface area contributed by atoms with Gasteiger partial charge in [0.2, 0.25) is 5.91 Å². The van der Waals surface area contributed by atoms with Crippen molar-refractivity contribution in [1.29, 1.82) is 0 Å². The summed E-state index contributed by atoms with van der Waals surface area (Å²) in [5.41, 5.74) is 2.10. The highest BCUT2D eigenvalue weighted by atomic mass is 16.1. The summed E-state index contributed by atoms with van der Waals surface area (Å²) in [5.74, 6) is 0.882. The molecule has 2 aromatic heterocycles. The number of hydrogen-bond donors (Lipinski definition) is 1. The Balaban J connectivity index is 1.36. The van der Waals surface area contributed by atoms with E-state index in [9.17, 15) is 4.79 Å². The summed E-state index contributed by atoms with van der Waals surface area (Å²) in [5, 5.41) is 7.47. The van der Waals surface area contributed by atoms with Crippen LogP contribution in [0.4, 0.5) is 0 Å². The van der Waals surface area contributed by atoms with Gasteiger partial charge in [-0.25, -0.2) is 0 Å². The van der Waals surface area contributed by atoms with Crippen molar-refractivity contribution >= 4 is 5.91 Å². The topological polar surface area (TPSA) is 63.1 Å². The molecule has 2 aliphatic rings.